The number of methoxy groups -OCH3 is 6. The minimum Gasteiger partial charge on any atom is -0.493 e. The maximum absolute atomic E-state index is 5.72. The maximum Gasteiger partial charge on any atom is 0.207 e. The molecule has 0 aliphatic carbocycles. The van der Waals surface area contributed by atoms with Crippen molar-refractivity contribution in [2.75, 3.05) is 42.7 Å². The predicted molar refractivity (Wildman–Crippen MR) is 101 cm³/mol. The van der Waals surface area contributed by atoms with Crippen molar-refractivity contribution in [2.45, 2.75) is 0 Å². The SMILES string of the molecule is COc1ccc2ccc3c(OC)c(OC)c(OC)c(OC)c3c2c1OC. The van der Waals surface area contributed by atoms with Crippen molar-refractivity contribution in [3.63, 3.8) is 0 Å². The molecule has 0 fully saturated rings. The van der Waals surface area contributed by atoms with Crippen molar-refractivity contribution >= 4 is 21.5 Å². The summed E-state index contributed by atoms with van der Waals surface area (Å²) in [5.41, 5.74) is 0. The second-order valence-corrected chi connectivity index (χ2v) is 5.52. The van der Waals surface area contributed by atoms with E-state index in [0.717, 1.165) is 21.5 Å². The number of hydrogen-bond acceptors (Lipinski definition) is 6. The highest BCUT2D eigenvalue weighted by molar-refractivity contribution is 6.17. The van der Waals surface area contributed by atoms with Crippen LogP contribution in [0, 0.1) is 0 Å². The molecule has 3 aromatic carbocycles. The van der Waals surface area contributed by atoms with Crippen LogP contribution in [0.1, 0.15) is 0 Å². The molecule has 0 spiro atoms. The molecule has 0 amide bonds. The van der Waals surface area contributed by atoms with Gasteiger partial charge in [-0.1, -0.05) is 12.1 Å². The Morgan fingerprint density at radius 1 is 0.462 bits per heavy atom. The third kappa shape index (κ3) is 2.41. The van der Waals surface area contributed by atoms with Crippen LogP contribution in [0.3, 0.4) is 0 Å². The third-order valence-corrected chi connectivity index (χ3v) is 4.43. The number of benzene rings is 3. The van der Waals surface area contributed by atoms with Gasteiger partial charge in [0.15, 0.2) is 23.0 Å². The van der Waals surface area contributed by atoms with E-state index in [4.69, 9.17) is 28.4 Å². The molecule has 0 unspecified atom stereocenters. The lowest BCUT2D eigenvalue weighted by atomic mass is 9.98. The zero-order valence-electron chi connectivity index (χ0n) is 15.8. The minimum absolute atomic E-state index is 0.455. The van der Waals surface area contributed by atoms with Crippen LogP contribution in [-0.4, -0.2) is 42.7 Å². The van der Waals surface area contributed by atoms with Crippen LogP contribution in [0.25, 0.3) is 21.5 Å². The van der Waals surface area contributed by atoms with Gasteiger partial charge in [0, 0.05) is 16.2 Å². The van der Waals surface area contributed by atoms with Gasteiger partial charge in [-0.2, -0.15) is 0 Å². The Balaban J connectivity index is 2.66. The topological polar surface area (TPSA) is 55.4 Å². The highest BCUT2D eigenvalue weighted by atomic mass is 16.5. The van der Waals surface area contributed by atoms with E-state index in [-0.39, 0.29) is 0 Å². The average molecular weight is 358 g/mol. The highest BCUT2D eigenvalue weighted by Gasteiger charge is 2.26. The monoisotopic (exact) mass is 358 g/mol. The third-order valence-electron chi connectivity index (χ3n) is 4.43. The molecule has 0 atom stereocenters. The summed E-state index contributed by atoms with van der Waals surface area (Å²) in [7, 11) is 9.53. The van der Waals surface area contributed by atoms with Gasteiger partial charge in [0.25, 0.3) is 0 Å². The van der Waals surface area contributed by atoms with E-state index < -0.39 is 0 Å². The summed E-state index contributed by atoms with van der Waals surface area (Å²) in [6.45, 7) is 0. The first-order valence-corrected chi connectivity index (χ1v) is 8.00. The van der Waals surface area contributed by atoms with Crippen LogP contribution in [0.2, 0.25) is 0 Å². The Labute approximate surface area is 152 Å². The fourth-order valence-electron chi connectivity index (χ4n) is 3.37. The minimum atomic E-state index is 0.455. The first-order chi connectivity index (χ1) is 12.7. The van der Waals surface area contributed by atoms with E-state index in [2.05, 4.69) is 0 Å². The van der Waals surface area contributed by atoms with E-state index in [1.807, 2.05) is 24.3 Å². The summed E-state index contributed by atoms with van der Waals surface area (Å²) in [4.78, 5) is 0. The zero-order chi connectivity index (χ0) is 18.8. The highest BCUT2D eigenvalue weighted by Crippen LogP contribution is 2.54. The van der Waals surface area contributed by atoms with Crippen LogP contribution < -0.4 is 28.4 Å². The Kier molecular flexibility index (Phi) is 4.84. The molecule has 0 heterocycles. The molecule has 6 nitrogen and oxygen atoms in total. The molecule has 138 valence electrons. The molecule has 3 rings (SSSR count). The second-order valence-electron chi connectivity index (χ2n) is 5.52. The number of hydrogen-bond donors (Lipinski definition) is 0. The smallest absolute Gasteiger partial charge is 0.207 e. The molecule has 26 heavy (non-hydrogen) atoms. The van der Waals surface area contributed by atoms with Crippen molar-refractivity contribution in [1.82, 2.24) is 0 Å². The molecule has 6 heteroatoms. The molecule has 0 aliphatic rings. The molecule has 0 aliphatic heterocycles. The molecule has 0 radical (unpaired) electrons. The van der Waals surface area contributed by atoms with Crippen LogP contribution in [0.4, 0.5) is 0 Å². The standard InChI is InChI=1S/C20H22O6/c1-21-13-10-8-11-7-9-12-15(14(11)17(13)23-3)18(24-4)20(26-6)19(25-5)16(12)22-2/h7-10H,1-6H3. The largest absolute Gasteiger partial charge is 0.493 e. The van der Waals surface area contributed by atoms with Crippen molar-refractivity contribution in [1.29, 1.82) is 0 Å². The molecular weight excluding hydrogens is 336 g/mol. The lowest BCUT2D eigenvalue weighted by Gasteiger charge is -2.21. The van der Waals surface area contributed by atoms with Gasteiger partial charge in [-0.15, -0.1) is 0 Å². The lowest BCUT2D eigenvalue weighted by molar-refractivity contribution is 0.309. The van der Waals surface area contributed by atoms with E-state index >= 15 is 0 Å². The molecule has 0 bridgehead atoms. The molecule has 0 saturated heterocycles. The van der Waals surface area contributed by atoms with Gasteiger partial charge < -0.3 is 28.4 Å². The summed E-state index contributed by atoms with van der Waals surface area (Å²) >= 11 is 0. The normalized spacial score (nSPS) is 10.7. The summed E-state index contributed by atoms with van der Waals surface area (Å²) < 4.78 is 33.6. The van der Waals surface area contributed by atoms with Gasteiger partial charge in [-0.25, -0.2) is 0 Å². The average Bonchev–Trinajstić information content (AvgIpc) is 2.69. The van der Waals surface area contributed by atoms with Crippen molar-refractivity contribution in [3.05, 3.63) is 24.3 Å². The number of rotatable bonds is 6. The van der Waals surface area contributed by atoms with Crippen molar-refractivity contribution < 1.29 is 28.4 Å². The van der Waals surface area contributed by atoms with Crippen LogP contribution in [0.15, 0.2) is 24.3 Å². The number of fused-ring (bicyclic) bond motifs is 3. The lowest BCUT2D eigenvalue weighted by Crippen LogP contribution is -2.00. The zero-order valence-corrected chi connectivity index (χ0v) is 15.8. The van der Waals surface area contributed by atoms with Gasteiger partial charge in [0.05, 0.1) is 42.7 Å². The van der Waals surface area contributed by atoms with Crippen molar-refractivity contribution in [2.24, 2.45) is 0 Å². The summed E-state index contributed by atoms with van der Waals surface area (Å²) in [5.74, 6) is 3.27. The van der Waals surface area contributed by atoms with Gasteiger partial charge in [-0.05, 0) is 17.5 Å². The van der Waals surface area contributed by atoms with E-state index in [9.17, 15) is 0 Å². The Morgan fingerprint density at radius 3 is 1.54 bits per heavy atom. The van der Waals surface area contributed by atoms with Gasteiger partial charge in [0.2, 0.25) is 11.5 Å². The van der Waals surface area contributed by atoms with E-state index in [1.165, 1.54) is 0 Å². The summed E-state index contributed by atoms with van der Waals surface area (Å²) in [5, 5.41) is 3.44. The summed E-state index contributed by atoms with van der Waals surface area (Å²) in [6, 6.07) is 7.80. The number of ether oxygens (including phenoxy) is 6. The van der Waals surface area contributed by atoms with E-state index in [1.54, 1.807) is 42.7 Å². The van der Waals surface area contributed by atoms with Crippen molar-refractivity contribution in [3.8, 4) is 34.5 Å². The Bertz CT molecular complexity index is 964. The first-order valence-electron chi connectivity index (χ1n) is 8.00. The fourth-order valence-corrected chi connectivity index (χ4v) is 3.37. The predicted octanol–water partition coefficient (Wildman–Crippen LogP) is 4.04. The quantitative estimate of drug-likeness (QED) is 0.620. The van der Waals surface area contributed by atoms with Crippen LogP contribution in [-0.2, 0) is 0 Å². The molecule has 3 aromatic rings. The molecular formula is C20H22O6. The van der Waals surface area contributed by atoms with Crippen LogP contribution >= 0.6 is 0 Å². The van der Waals surface area contributed by atoms with Crippen LogP contribution in [0.5, 0.6) is 34.5 Å². The van der Waals surface area contributed by atoms with Gasteiger partial charge in [-0.3, -0.25) is 0 Å². The molecule has 0 aromatic heterocycles. The maximum atomic E-state index is 5.72. The first kappa shape index (κ1) is 17.8. The van der Waals surface area contributed by atoms with Gasteiger partial charge >= 0.3 is 0 Å². The molecule has 0 saturated carbocycles. The van der Waals surface area contributed by atoms with E-state index in [0.29, 0.717) is 34.5 Å². The summed E-state index contributed by atoms with van der Waals surface area (Å²) in [6.07, 6.45) is 0. The Morgan fingerprint density at radius 2 is 1.00 bits per heavy atom. The van der Waals surface area contributed by atoms with Gasteiger partial charge in [0.1, 0.15) is 0 Å². The second kappa shape index (κ2) is 7.07. The fraction of sp³-hybridized carbons (Fsp3) is 0.300. The molecule has 0 N–H and O–H groups in total. The Hall–Kier alpha value is -3.02.